The van der Waals surface area contributed by atoms with Gasteiger partial charge in [-0.15, -0.1) is 0 Å². The summed E-state index contributed by atoms with van der Waals surface area (Å²) in [6.45, 7) is 2.72. The van der Waals surface area contributed by atoms with Gasteiger partial charge >= 0.3 is 5.97 Å². The predicted molar refractivity (Wildman–Crippen MR) is 57.8 cm³/mol. The summed E-state index contributed by atoms with van der Waals surface area (Å²) >= 11 is 0. The molecule has 1 aromatic carbocycles. The minimum atomic E-state index is -0.313. The smallest absolute Gasteiger partial charge is 0.338 e. The first kappa shape index (κ1) is 10.8. The van der Waals surface area contributed by atoms with Gasteiger partial charge in [-0.05, 0) is 24.6 Å². The molecule has 0 amide bonds. The molecule has 1 heterocycles. The van der Waals surface area contributed by atoms with Crippen LogP contribution in [0.5, 0.6) is 11.5 Å². The highest BCUT2D eigenvalue weighted by atomic mass is 16.7. The third kappa shape index (κ3) is 2.27. The Kier molecular flexibility index (Phi) is 3.29. The van der Waals surface area contributed by atoms with Gasteiger partial charge in [-0.1, -0.05) is 13.3 Å². The predicted octanol–water partition coefficient (Wildman–Crippen LogP) is 2.37. The number of hydrogen-bond donors (Lipinski definition) is 0. The van der Waals surface area contributed by atoms with Gasteiger partial charge in [0.15, 0.2) is 11.5 Å². The molecular formula is C12H14O4. The normalized spacial score (nSPS) is 12.6. The van der Waals surface area contributed by atoms with Gasteiger partial charge in [0.25, 0.3) is 0 Å². The van der Waals surface area contributed by atoms with Gasteiger partial charge in [-0.2, -0.15) is 0 Å². The average molecular weight is 222 g/mol. The van der Waals surface area contributed by atoms with Gasteiger partial charge in [-0.25, -0.2) is 4.79 Å². The molecule has 1 aliphatic rings. The maximum atomic E-state index is 11.6. The summed E-state index contributed by atoms with van der Waals surface area (Å²) in [5.41, 5.74) is 0.500. The van der Waals surface area contributed by atoms with Crippen molar-refractivity contribution >= 4 is 5.97 Å². The number of unbranched alkanes of at least 4 members (excludes halogenated alkanes) is 1. The fraction of sp³-hybridized carbons (Fsp3) is 0.417. The Balaban J connectivity index is 2.01. The van der Waals surface area contributed by atoms with E-state index in [9.17, 15) is 4.79 Å². The lowest BCUT2D eigenvalue weighted by molar-refractivity contribution is 0.0499. The minimum Gasteiger partial charge on any atom is -0.462 e. The molecule has 2 rings (SSSR count). The average Bonchev–Trinajstić information content (AvgIpc) is 2.76. The molecule has 0 fully saturated rings. The molecule has 0 N–H and O–H groups in total. The number of ether oxygens (including phenoxy) is 3. The van der Waals surface area contributed by atoms with E-state index in [1.54, 1.807) is 18.2 Å². The lowest BCUT2D eigenvalue weighted by Crippen LogP contribution is -2.06. The van der Waals surface area contributed by atoms with Gasteiger partial charge in [0.05, 0.1) is 12.2 Å². The molecular weight excluding hydrogens is 208 g/mol. The van der Waals surface area contributed by atoms with E-state index in [-0.39, 0.29) is 12.8 Å². The molecule has 0 bridgehead atoms. The van der Waals surface area contributed by atoms with Gasteiger partial charge < -0.3 is 14.2 Å². The van der Waals surface area contributed by atoms with Gasteiger partial charge in [0.1, 0.15) is 0 Å². The van der Waals surface area contributed by atoms with Crippen LogP contribution in [0.25, 0.3) is 0 Å². The topological polar surface area (TPSA) is 44.8 Å². The number of esters is 1. The van der Waals surface area contributed by atoms with Crippen LogP contribution in [0.4, 0.5) is 0 Å². The number of hydrogen-bond acceptors (Lipinski definition) is 4. The molecule has 4 nitrogen and oxygen atoms in total. The lowest BCUT2D eigenvalue weighted by atomic mass is 10.2. The molecule has 0 saturated carbocycles. The van der Waals surface area contributed by atoms with Crippen molar-refractivity contribution in [3.8, 4) is 11.5 Å². The van der Waals surface area contributed by atoms with E-state index >= 15 is 0 Å². The van der Waals surface area contributed by atoms with Crippen LogP contribution >= 0.6 is 0 Å². The molecule has 0 aromatic heterocycles. The second kappa shape index (κ2) is 4.88. The molecule has 4 heteroatoms. The monoisotopic (exact) mass is 222 g/mol. The van der Waals surface area contributed by atoms with Crippen molar-refractivity contribution in [2.24, 2.45) is 0 Å². The fourth-order valence-electron chi connectivity index (χ4n) is 1.42. The van der Waals surface area contributed by atoms with E-state index in [1.165, 1.54) is 0 Å². The zero-order valence-electron chi connectivity index (χ0n) is 9.19. The van der Waals surface area contributed by atoms with Gasteiger partial charge in [0.2, 0.25) is 6.79 Å². The Morgan fingerprint density at radius 1 is 1.38 bits per heavy atom. The first-order valence-electron chi connectivity index (χ1n) is 5.38. The molecule has 1 aromatic rings. The van der Waals surface area contributed by atoms with Gasteiger partial charge in [0, 0.05) is 0 Å². The van der Waals surface area contributed by atoms with Crippen LogP contribution in [0.2, 0.25) is 0 Å². The summed E-state index contributed by atoms with van der Waals surface area (Å²) < 4.78 is 15.4. The maximum absolute atomic E-state index is 11.6. The molecule has 0 unspecified atom stereocenters. The third-order valence-electron chi connectivity index (χ3n) is 2.34. The number of benzene rings is 1. The second-order valence-corrected chi connectivity index (χ2v) is 3.56. The van der Waals surface area contributed by atoms with Crippen LogP contribution in [0.1, 0.15) is 30.1 Å². The van der Waals surface area contributed by atoms with Crippen LogP contribution in [-0.4, -0.2) is 19.4 Å². The Hall–Kier alpha value is -1.71. The summed E-state index contributed by atoms with van der Waals surface area (Å²) in [4.78, 5) is 11.6. The van der Waals surface area contributed by atoms with Crippen molar-refractivity contribution in [3.63, 3.8) is 0 Å². The van der Waals surface area contributed by atoms with E-state index in [1.807, 2.05) is 0 Å². The quantitative estimate of drug-likeness (QED) is 0.579. The van der Waals surface area contributed by atoms with E-state index < -0.39 is 0 Å². The van der Waals surface area contributed by atoms with E-state index in [2.05, 4.69) is 6.92 Å². The largest absolute Gasteiger partial charge is 0.462 e. The number of fused-ring (bicyclic) bond motifs is 1. The highest BCUT2D eigenvalue weighted by Crippen LogP contribution is 2.32. The van der Waals surface area contributed by atoms with Crippen molar-refractivity contribution in [1.29, 1.82) is 0 Å². The fourth-order valence-corrected chi connectivity index (χ4v) is 1.42. The van der Waals surface area contributed by atoms with Crippen molar-refractivity contribution in [2.45, 2.75) is 19.8 Å². The number of carbonyl (C=O) groups excluding carboxylic acids is 1. The highest BCUT2D eigenvalue weighted by molar-refractivity contribution is 5.90. The summed E-state index contributed by atoms with van der Waals surface area (Å²) in [5.74, 6) is 0.960. The molecule has 0 radical (unpaired) electrons. The maximum Gasteiger partial charge on any atom is 0.338 e. The van der Waals surface area contributed by atoms with Crippen LogP contribution in [-0.2, 0) is 4.74 Å². The molecule has 0 saturated heterocycles. The molecule has 86 valence electrons. The Labute approximate surface area is 94.1 Å². The van der Waals surface area contributed by atoms with Crippen molar-refractivity contribution in [2.75, 3.05) is 13.4 Å². The SMILES string of the molecule is CCCCOC(=O)c1ccc2c(c1)OCO2. The summed E-state index contributed by atoms with van der Waals surface area (Å²) in [5, 5.41) is 0. The standard InChI is InChI=1S/C12H14O4/c1-2-3-6-14-12(13)9-4-5-10-11(7-9)16-8-15-10/h4-5,7H,2-3,6,8H2,1H3. The molecule has 0 aliphatic carbocycles. The van der Waals surface area contributed by atoms with E-state index in [4.69, 9.17) is 14.2 Å². The van der Waals surface area contributed by atoms with Crippen molar-refractivity contribution in [1.82, 2.24) is 0 Å². The van der Waals surface area contributed by atoms with Gasteiger partial charge in [-0.3, -0.25) is 0 Å². The van der Waals surface area contributed by atoms with Crippen LogP contribution < -0.4 is 9.47 Å². The van der Waals surface area contributed by atoms with Crippen LogP contribution in [0.3, 0.4) is 0 Å². The zero-order valence-corrected chi connectivity index (χ0v) is 9.19. The Morgan fingerprint density at radius 2 is 2.19 bits per heavy atom. The number of rotatable bonds is 4. The van der Waals surface area contributed by atoms with Crippen molar-refractivity contribution in [3.05, 3.63) is 23.8 Å². The Morgan fingerprint density at radius 3 is 3.00 bits per heavy atom. The summed E-state index contributed by atoms with van der Waals surface area (Å²) in [7, 11) is 0. The summed E-state index contributed by atoms with van der Waals surface area (Å²) in [6.07, 6.45) is 1.89. The first-order valence-corrected chi connectivity index (χ1v) is 5.38. The van der Waals surface area contributed by atoms with Crippen LogP contribution in [0, 0.1) is 0 Å². The van der Waals surface area contributed by atoms with Crippen molar-refractivity contribution < 1.29 is 19.0 Å². The zero-order chi connectivity index (χ0) is 11.4. The molecule has 16 heavy (non-hydrogen) atoms. The summed E-state index contributed by atoms with van der Waals surface area (Å²) in [6, 6.07) is 5.05. The minimum absolute atomic E-state index is 0.212. The lowest BCUT2D eigenvalue weighted by Gasteiger charge is -2.04. The first-order chi connectivity index (χ1) is 7.81. The Bertz CT molecular complexity index is 387. The third-order valence-corrected chi connectivity index (χ3v) is 2.34. The van der Waals surface area contributed by atoms with E-state index in [0.29, 0.717) is 23.7 Å². The molecule has 0 spiro atoms. The molecule has 0 atom stereocenters. The second-order valence-electron chi connectivity index (χ2n) is 3.56. The number of carbonyl (C=O) groups is 1. The highest BCUT2D eigenvalue weighted by Gasteiger charge is 2.16. The van der Waals surface area contributed by atoms with Crippen LogP contribution in [0.15, 0.2) is 18.2 Å². The van der Waals surface area contributed by atoms with E-state index in [0.717, 1.165) is 12.8 Å². The molecule has 1 aliphatic heterocycles.